The normalized spacial score (nSPS) is 16.6. The van der Waals surface area contributed by atoms with E-state index in [1.807, 2.05) is 0 Å². The van der Waals surface area contributed by atoms with Crippen LogP contribution in [-0.4, -0.2) is 29.4 Å². The first-order valence-electron chi connectivity index (χ1n) is 5.95. The van der Waals surface area contributed by atoms with Crippen molar-refractivity contribution in [1.29, 1.82) is 0 Å². The predicted molar refractivity (Wildman–Crippen MR) is 72.5 cm³/mol. The molecule has 0 aliphatic carbocycles. The zero-order valence-electron chi connectivity index (χ0n) is 10.4. The van der Waals surface area contributed by atoms with Gasteiger partial charge in [-0.2, -0.15) is 0 Å². The third kappa shape index (κ3) is 3.19. The van der Waals surface area contributed by atoms with Crippen molar-refractivity contribution >= 4 is 35.0 Å². The van der Waals surface area contributed by atoms with Crippen LogP contribution in [0.4, 0.5) is 0 Å². The lowest BCUT2D eigenvalue weighted by Crippen LogP contribution is -2.41. The summed E-state index contributed by atoms with van der Waals surface area (Å²) < 4.78 is 5.49. The number of nitrogens with zero attached hydrogens (tertiary/aromatic N) is 1. The average Bonchev–Trinajstić information content (AvgIpc) is 2.78. The number of likely N-dealkylation sites (tertiary alicyclic amines) is 1. The van der Waals surface area contributed by atoms with Gasteiger partial charge in [0, 0.05) is 18.0 Å². The summed E-state index contributed by atoms with van der Waals surface area (Å²) in [5.41, 5.74) is 0. The maximum absolute atomic E-state index is 12.0. The van der Waals surface area contributed by atoms with Crippen LogP contribution in [0.15, 0.2) is 18.2 Å². The Hall–Kier alpha value is -1.26. The monoisotopic (exact) mass is 301 g/mol. The van der Waals surface area contributed by atoms with Gasteiger partial charge in [0.1, 0.15) is 5.75 Å². The number of carbonyl (C=O) groups is 2. The zero-order chi connectivity index (χ0) is 14.0. The molecule has 1 aliphatic rings. The SMILES string of the molecule is C[C@H](Oc1ccc(Cl)cc1Cl)C(=O)N1CCCC1=O. The van der Waals surface area contributed by atoms with Crippen LogP contribution in [0.25, 0.3) is 0 Å². The fourth-order valence-corrected chi connectivity index (χ4v) is 2.37. The third-order valence-electron chi connectivity index (χ3n) is 2.88. The molecule has 0 N–H and O–H groups in total. The molecule has 4 nitrogen and oxygen atoms in total. The van der Waals surface area contributed by atoms with E-state index < -0.39 is 6.10 Å². The Morgan fingerprint density at radius 3 is 2.74 bits per heavy atom. The lowest BCUT2D eigenvalue weighted by atomic mass is 10.3. The largest absolute Gasteiger partial charge is 0.479 e. The highest BCUT2D eigenvalue weighted by atomic mass is 35.5. The molecule has 0 aromatic heterocycles. The van der Waals surface area contributed by atoms with E-state index in [9.17, 15) is 9.59 Å². The summed E-state index contributed by atoms with van der Waals surface area (Å²) in [6.07, 6.45) is 0.361. The van der Waals surface area contributed by atoms with Crippen LogP contribution in [0, 0.1) is 0 Å². The third-order valence-corrected chi connectivity index (χ3v) is 3.42. The van der Waals surface area contributed by atoms with Gasteiger partial charge in [0.25, 0.3) is 5.91 Å². The van der Waals surface area contributed by atoms with E-state index in [0.717, 1.165) is 0 Å². The molecule has 1 atom stereocenters. The Morgan fingerprint density at radius 2 is 2.16 bits per heavy atom. The molecule has 0 unspecified atom stereocenters. The van der Waals surface area contributed by atoms with Gasteiger partial charge in [0.15, 0.2) is 6.10 Å². The van der Waals surface area contributed by atoms with Crippen molar-refractivity contribution in [1.82, 2.24) is 4.90 Å². The first-order chi connectivity index (χ1) is 8.99. The number of hydrogen-bond donors (Lipinski definition) is 0. The second-order valence-corrected chi connectivity index (χ2v) is 5.17. The second-order valence-electron chi connectivity index (χ2n) is 4.32. The molecule has 102 valence electrons. The minimum absolute atomic E-state index is 0.150. The first-order valence-corrected chi connectivity index (χ1v) is 6.70. The number of amides is 2. The Balaban J connectivity index is 2.06. The van der Waals surface area contributed by atoms with Crippen molar-refractivity contribution in [3.8, 4) is 5.75 Å². The van der Waals surface area contributed by atoms with Crippen LogP contribution in [0.2, 0.25) is 10.0 Å². The van der Waals surface area contributed by atoms with Gasteiger partial charge >= 0.3 is 0 Å². The van der Waals surface area contributed by atoms with Crippen LogP contribution in [0.3, 0.4) is 0 Å². The van der Waals surface area contributed by atoms with E-state index in [-0.39, 0.29) is 11.8 Å². The van der Waals surface area contributed by atoms with E-state index in [2.05, 4.69) is 0 Å². The summed E-state index contributed by atoms with van der Waals surface area (Å²) in [4.78, 5) is 24.8. The Kier molecular flexibility index (Phi) is 4.32. The number of benzene rings is 1. The van der Waals surface area contributed by atoms with Crippen LogP contribution in [0.1, 0.15) is 19.8 Å². The van der Waals surface area contributed by atoms with Gasteiger partial charge in [-0.15, -0.1) is 0 Å². The molecular formula is C13H13Cl2NO3. The maximum Gasteiger partial charge on any atom is 0.269 e. The van der Waals surface area contributed by atoms with Gasteiger partial charge in [-0.3, -0.25) is 14.5 Å². The first kappa shape index (κ1) is 14.2. The fourth-order valence-electron chi connectivity index (χ4n) is 1.91. The number of carbonyl (C=O) groups excluding carboxylic acids is 2. The summed E-state index contributed by atoms with van der Waals surface area (Å²) in [5.74, 6) is -0.116. The molecule has 2 rings (SSSR count). The van der Waals surface area contributed by atoms with Gasteiger partial charge in [-0.05, 0) is 31.5 Å². The number of hydrogen-bond acceptors (Lipinski definition) is 3. The van der Waals surface area contributed by atoms with Crippen molar-refractivity contribution < 1.29 is 14.3 Å². The Bertz CT molecular complexity index is 519. The number of ether oxygens (including phenoxy) is 1. The lowest BCUT2D eigenvalue weighted by molar-refractivity contribution is -0.146. The quantitative estimate of drug-likeness (QED) is 0.862. The summed E-state index contributed by atoms with van der Waals surface area (Å²) in [7, 11) is 0. The van der Waals surface area contributed by atoms with E-state index >= 15 is 0 Å². The van der Waals surface area contributed by atoms with Gasteiger partial charge in [-0.1, -0.05) is 23.2 Å². The van der Waals surface area contributed by atoms with Crippen molar-refractivity contribution in [2.75, 3.05) is 6.54 Å². The Labute approximate surface area is 121 Å². The summed E-state index contributed by atoms with van der Waals surface area (Å²) >= 11 is 11.7. The van der Waals surface area contributed by atoms with E-state index in [0.29, 0.717) is 35.2 Å². The van der Waals surface area contributed by atoms with Gasteiger partial charge < -0.3 is 4.74 Å². The molecule has 1 fully saturated rings. The topological polar surface area (TPSA) is 46.6 Å². The maximum atomic E-state index is 12.0. The van der Waals surface area contributed by atoms with Crippen LogP contribution in [0.5, 0.6) is 5.75 Å². The molecule has 19 heavy (non-hydrogen) atoms. The minimum Gasteiger partial charge on any atom is -0.479 e. The smallest absolute Gasteiger partial charge is 0.269 e. The standard InChI is InChI=1S/C13H13Cl2NO3/c1-8(13(18)16-6-2-3-12(16)17)19-11-5-4-9(14)7-10(11)15/h4-5,7-8H,2-3,6H2,1H3/t8-/m0/s1. The molecule has 1 aromatic rings. The summed E-state index contributed by atoms with van der Waals surface area (Å²) in [6.45, 7) is 2.05. The average molecular weight is 302 g/mol. The molecule has 1 aliphatic heterocycles. The van der Waals surface area contributed by atoms with Gasteiger partial charge in [-0.25, -0.2) is 0 Å². The number of rotatable bonds is 3. The summed E-state index contributed by atoms with van der Waals surface area (Å²) in [6, 6.07) is 4.76. The predicted octanol–water partition coefficient (Wildman–Crippen LogP) is 2.91. The van der Waals surface area contributed by atoms with Crippen molar-refractivity contribution in [2.45, 2.75) is 25.9 Å². The second kappa shape index (κ2) is 5.80. The number of imide groups is 1. The molecule has 0 radical (unpaired) electrons. The van der Waals surface area contributed by atoms with E-state index in [1.165, 1.54) is 11.0 Å². The molecule has 1 saturated heterocycles. The molecular weight excluding hydrogens is 289 g/mol. The van der Waals surface area contributed by atoms with Crippen molar-refractivity contribution in [3.05, 3.63) is 28.2 Å². The zero-order valence-corrected chi connectivity index (χ0v) is 11.9. The lowest BCUT2D eigenvalue weighted by Gasteiger charge is -2.20. The molecule has 0 saturated carbocycles. The molecule has 0 bridgehead atoms. The van der Waals surface area contributed by atoms with Gasteiger partial charge in [0.05, 0.1) is 5.02 Å². The Morgan fingerprint density at radius 1 is 1.42 bits per heavy atom. The van der Waals surface area contributed by atoms with Crippen molar-refractivity contribution in [3.63, 3.8) is 0 Å². The van der Waals surface area contributed by atoms with E-state index in [1.54, 1.807) is 19.1 Å². The number of halogens is 2. The van der Waals surface area contributed by atoms with Crippen LogP contribution >= 0.6 is 23.2 Å². The molecule has 6 heteroatoms. The highest BCUT2D eigenvalue weighted by molar-refractivity contribution is 6.35. The van der Waals surface area contributed by atoms with Crippen molar-refractivity contribution in [2.24, 2.45) is 0 Å². The van der Waals surface area contributed by atoms with Crippen LogP contribution in [-0.2, 0) is 9.59 Å². The fraction of sp³-hybridized carbons (Fsp3) is 0.385. The molecule has 1 aromatic carbocycles. The molecule has 0 spiro atoms. The molecule has 1 heterocycles. The summed E-state index contributed by atoms with van der Waals surface area (Å²) in [5, 5.41) is 0.825. The molecule has 2 amide bonds. The van der Waals surface area contributed by atoms with E-state index in [4.69, 9.17) is 27.9 Å². The van der Waals surface area contributed by atoms with Gasteiger partial charge in [0.2, 0.25) is 5.91 Å². The highest BCUT2D eigenvalue weighted by Gasteiger charge is 2.30. The highest BCUT2D eigenvalue weighted by Crippen LogP contribution is 2.28. The minimum atomic E-state index is -0.763. The van der Waals surface area contributed by atoms with Crippen LogP contribution < -0.4 is 4.74 Å².